The van der Waals surface area contributed by atoms with Crippen LogP contribution in [0.1, 0.15) is 11.1 Å². The Morgan fingerprint density at radius 2 is 2.00 bits per heavy atom. The van der Waals surface area contributed by atoms with E-state index >= 15 is 0 Å². The molecule has 2 rings (SSSR count). The molecule has 0 aliphatic carbocycles. The maximum Gasteiger partial charge on any atom is 0.0895 e. The third kappa shape index (κ3) is 1.69. The fraction of sp³-hybridized carbons (Fsp3) is 0.182. The topological polar surface area (TPSA) is 33.1 Å². The number of aromatic nitrogens is 1. The van der Waals surface area contributed by atoms with Gasteiger partial charge in [-0.2, -0.15) is 4.37 Å². The van der Waals surface area contributed by atoms with Crippen molar-refractivity contribution in [1.29, 1.82) is 0 Å². The minimum atomic E-state index is 0.0553. The lowest BCUT2D eigenvalue weighted by Gasteiger charge is -2.00. The van der Waals surface area contributed by atoms with Crippen LogP contribution >= 0.6 is 11.5 Å². The largest absolute Gasteiger partial charge is 0.392 e. The van der Waals surface area contributed by atoms with Crippen LogP contribution in [-0.2, 0) is 6.61 Å². The fourth-order valence-corrected chi connectivity index (χ4v) is 2.01. The van der Waals surface area contributed by atoms with Crippen LogP contribution < -0.4 is 0 Å². The smallest absolute Gasteiger partial charge is 0.0895 e. The maximum absolute atomic E-state index is 9.09. The van der Waals surface area contributed by atoms with E-state index < -0.39 is 0 Å². The van der Waals surface area contributed by atoms with Gasteiger partial charge < -0.3 is 5.11 Å². The molecule has 0 aliphatic rings. The highest BCUT2D eigenvalue weighted by Gasteiger charge is 2.06. The monoisotopic (exact) mass is 205 g/mol. The van der Waals surface area contributed by atoms with Crippen molar-refractivity contribution in [2.45, 2.75) is 13.5 Å². The molecule has 1 N–H and O–H groups in total. The lowest BCUT2D eigenvalue weighted by Crippen LogP contribution is -1.85. The number of rotatable bonds is 2. The van der Waals surface area contributed by atoms with E-state index in [4.69, 9.17) is 5.11 Å². The van der Waals surface area contributed by atoms with E-state index in [2.05, 4.69) is 23.4 Å². The van der Waals surface area contributed by atoms with Gasteiger partial charge in [0, 0.05) is 16.5 Å². The molecule has 1 aromatic heterocycles. The van der Waals surface area contributed by atoms with Gasteiger partial charge in [0.25, 0.3) is 0 Å². The van der Waals surface area contributed by atoms with E-state index in [0.717, 1.165) is 16.8 Å². The van der Waals surface area contributed by atoms with Gasteiger partial charge in [-0.05, 0) is 18.5 Å². The number of aliphatic hydroxyl groups excluding tert-OH is 1. The van der Waals surface area contributed by atoms with Crippen molar-refractivity contribution in [3.05, 3.63) is 40.8 Å². The molecule has 0 saturated carbocycles. The zero-order valence-corrected chi connectivity index (χ0v) is 8.71. The maximum atomic E-state index is 9.09. The Kier molecular flexibility index (Phi) is 2.61. The first-order valence-corrected chi connectivity index (χ1v) is 5.26. The molecule has 0 saturated heterocycles. The van der Waals surface area contributed by atoms with Crippen molar-refractivity contribution in [3.8, 4) is 11.3 Å². The highest BCUT2D eigenvalue weighted by atomic mass is 32.1. The van der Waals surface area contributed by atoms with Crippen LogP contribution in [0.15, 0.2) is 29.6 Å². The van der Waals surface area contributed by atoms with Crippen LogP contribution in [-0.4, -0.2) is 9.48 Å². The Bertz CT molecular complexity index is 419. The zero-order chi connectivity index (χ0) is 9.97. The first-order valence-electron chi connectivity index (χ1n) is 4.42. The van der Waals surface area contributed by atoms with Crippen molar-refractivity contribution >= 4 is 11.5 Å². The van der Waals surface area contributed by atoms with Crippen molar-refractivity contribution in [2.24, 2.45) is 0 Å². The molecule has 2 nitrogen and oxygen atoms in total. The van der Waals surface area contributed by atoms with Gasteiger partial charge in [-0.1, -0.05) is 29.8 Å². The van der Waals surface area contributed by atoms with Gasteiger partial charge in [-0.25, -0.2) is 0 Å². The Morgan fingerprint density at radius 1 is 1.29 bits per heavy atom. The molecule has 0 fully saturated rings. The second-order valence-electron chi connectivity index (χ2n) is 3.21. The third-order valence-electron chi connectivity index (χ3n) is 2.14. The van der Waals surface area contributed by atoms with Crippen molar-refractivity contribution < 1.29 is 5.11 Å². The Labute approximate surface area is 87.0 Å². The van der Waals surface area contributed by atoms with Gasteiger partial charge in [0.1, 0.15) is 0 Å². The second kappa shape index (κ2) is 3.90. The fourth-order valence-electron chi connectivity index (χ4n) is 1.32. The summed E-state index contributed by atoms with van der Waals surface area (Å²) in [6, 6.07) is 8.17. The molecule has 0 aliphatic heterocycles. The SMILES string of the molecule is Cc1ccc(-c2nscc2CO)cc1. The minimum Gasteiger partial charge on any atom is -0.392 e. The summed E-state index contributed by atoms with van der Waals surface area (Å²) in [5.41, 5.74) is 4.10. The highest BCUT2D eigenvalue weighted by molar-refractivity contribution is 7.04. The summed E-state index contributed by atoms with van der Waals surface area (Å²) in [4.78, 5) is 0. The molecule has 2 aromatic rings. The summed E-state index contributed by atoms with van der Waals surface area (Å²) in [6.07, 6.45) is 0. The molecule has 3 heteroatoms. The number of hydrogen-bond acceptors (Lipinski definition) is 3. The van der Waals surface area contributed by atoms with Crippen LogP contribution in [0.3, 0.4) is 0 Å². The van der Waals surface area contributed by atoms with Crippen molar-refractivity contribution in [1.82, 2.24) is 4.37 Å². The molecule has 0 bridgehead atoms. The van der Waals surface area contributed by atoms with E-state index in [0.29, 0.717) is 0 Å². The predicted octanol–water partition coefficient (Wildman–Crippen LogP) is 2.61. The summed E-state index contributed by atoms with van der Waals surface area (Å²) in [5, 5.41) is 11.0. The molecular formula is C11H11NOS. The number of aliphatic hydroxyl groups is 1. The number of aryl methyl sites for hydroxylation is 1. The third-order valence-corrected chi connectivity index (χ3v) is 2.82. The lowest BCUT2D eigenvalue weighted by atomic mass is 10.1. The molecule has 72 valence electrons. The van der Waals surface area contributed by atoms with E-state index in [1.807, 2.05) is 17.5 Å². The molecule has 1 heterocycles. The molecule has 0 unspecified atom stereocenters. The van der Waals surface area contributed by atoms with Crippen LogP contribution in [0.4, 0.5) is 0 Å². The lowest BCUT2D eigenvalue weighted by molar-refractivity contribution is 0.282. The number of hydrogen-bond donors (Lipinski definition) is 1. The molecular weight excluding hydrogens is 194 g/mol. The zero-order valence-electron chi connectivity index (χ0n) is 7.90. The highest BCUT2D eigenvalue weighted by Crippen LogP contribution is 2.24. The molecule has 0 spiro atoms. The Hall–Kier alpha value is -1.19. The van der Waals surface area contributed by atoms with Gasteiger partial charge in [0.05, 0.1) is 12.3 Å². The van der Waals surface area contributed by atoms with Gasteiger partial charge in [0.15, 0.2) is 0 Å². The quantitative estimate of drug-likeness (QED) is 0.817. The molecule has 0 radical (unpaired) electrons. The summed E-state index contributed by atoms with van der Waals surface area (Å²) < 4.78 is 4.27. The van der Waals surface area contributed by atoms with Crippen LogP contribution in [0.25, 0.3) is 11.3 Å². The van der Waals surface area contributed by atoms with Crippen molar-refractivity contribution in [2.75, 3.05) is 0 Å². The van der Waals surface area contributed by atoms with Crippen LogP contribution in [0.5, 0.6) is 0 Å². The summed E-state index contributed by atoms with van der Waals surface area (Å²) in [7, 11) is 0. The summed E-state index contributed by atoms with van der Waals surface area (Å²) in [5.74, 6) is 0. The number of nitrogens with zero attached hydrogens (tertiary/aromatic N) is 1. The van der Waals surface area contributed by atoms with E-state index in [-0.39, 0.29) is 6.61 Å². The summed E-state index contributed by atoms with van der Waals surface area (Å²) in [6.45, 7) is 2.11. The first kappa shape index (κ1) is 9.37. The summed E-state index contributed by atoms with van der Waals surface area (Å²) >= 11 is 1.38. The van der Waals surface area contributed by atoms with Gasteiger partial charge >= 0.3 is 0 Å². The van der Waals surface area contributed by atoms with Crippen molar-refractivity contribution in [3.63, 3.8) is 0 Å². The minimum absolute atomic E-state index is 0.0553. The van der Waals surface area contributed by atoms with E-state index in [1.54, 1.807) is 0 Å². The molecule has 14 heavy (non-hydrogen) atoms. The van der Waals surface area contributed by atoms with Gasteiger partial charge in [-0.15, -0.1) is 0 Å². The van der Waals surface area contributed by atoms with Crippen LogP contribution in [0.2, 0.25) is 0 Å². The van der Waals surface area contributed by atoms with Gasteiger partial charge in [0.2, 0.25) is 0 Å². The van der Waals surface area contributed by atoms with Gasteiger partial charge in [-0.3, -0.25) is 0 Å². The van der Waals surface area contributed by atoms with E-state index in [9.17, 15) is 0 Å². The Balaban J connectivity index is 2.44. The average Bonchev–Trinajstić information content (AvgIpc) is 2.67. The molecule has 0 amide bonds. The first-order chi connectivity index (χ1) is 6.81. The average molecular weight is 205 g/mol. The predicted molar refractivity (Wildman–Crippen MR) is 58.2 cm³/mol. The normalized spacial score (nSPS) is 10.4. The molecule has 1 aromatic carbocycles. The second-order valence-corrected chi connectivity index (χ2v) is 3.84. The standard InChI is InChI=1S/C11H11NOS/c1-8-2-4-9(5-3-8)11-10(6-13)7-14-12-11/h2-5,7,13H,6H2,1H3. The van der Waals surface area contributed by atoms with Crippen LogP contribution in [0, 0.1) is 6.92 Å². The molecule has 0 atom stereocenters. The van der Waals surface area contributed by atoms with E-state index in [1.165, 1.54) is 17.1 Å². The number of benzene rings is 1. The Morgan fingerprint density at radius 3 is 2.64 bits per heavy atom.